The van der Waals surface area contributed by atoms with E-state index in [1.165, 1.54) is 0 Å². The first-order chi connectivity index (χ1) is 7.27. The Morgan fingerprint density at radius 2 is 1.73 bits per heavy atom. The Morgan fingerprint density at radius 3 is 2.33 bits per heavy atom. The zero-order valence-electron chi connectivity index (χ0n) is 8.39. The number of para-hydroxylation sites is 1. The molecule has 0 unspecified atom stereocenters. The zero-order valence-corrected chi connectivity index (χ0v) is 9.15. The average Bonchev–Trinajstić information content (AvgIpc) is 2.30. The number of aromatic nitrogens is 1. The molecule has 0 aliphatic carbocycles. The van der Waals surface area contributed by atoms with Crippen molar-refractivity contribution < 1.29 is 0 Å². The number of halogens is 1. The van der Waals surface area contributed by atoms with Crippen LogP contribution in [0.4, 0.5) is 11.4 Å². The van der Waals surface area contributed by atoms with Gasteiger partial charge in [-0.15, -0.1) is 0 Å². The molecule has 2 aromatic rings. The molecule has 0 spiro atoms. The fourth-order valence-electron chi connectivity index (χ4n) is 1.37. The van der Waals surface area contributed by atoms with Crippen LogP contribution >= 0.6 is 11.6 Å². The predicted molar refractivity (Wildman–Crippen MR) is 63.8 cm³/mol. The number of pyridine rings is 1. The summed E-state index contributed by atoms with van der Waals surface area (Å²) < 4.78 is 0. The van der Waals surface area contributed by atoms with Crippen molar-refractivity contribution in [2.24, 2.45) is 0 Å². The van der Waals surface area contributed by atoms with Gasteiger partial charge < -0.3 is 4.90 Å². The number of rotatable bonds is 2. The molecule has 0 fully saturated rings. The van der Waals surface area contributed by atoms with Crippen LogP contribution in [0.25, 0.3) is 0 Å². The molecule has 1 aromatic heterocycles. The second kappa shape index (κ2) is 4.32. The maximum Gasteiger partial charge on any atom is 0.129 e. The molecule has 0 aliphatic rings. The van der Waals surface area contributed by atoms with Gasteiger partial charge in [0.25, 0.3) is 0 Å². The minimum absolute atomic E-state index is 0.514. The summed E-state index contributed by atoms with van der Waals surface area (Å²) >= 11 is 5.73. The van der Waals surface area contributed by atoms with Gasteiger partial charge in [0.05, 0.1) is 11.9 Å². The molecule has 0 N–H and O–H groups in total. The average molecular weight is 219 g/mol. The van der Waals surface area contributed by atoms with Crippen molar-refractivity contribution in [3.63, 3.8) is 0 Å². The Labute approximate surface area is 94.1 Å². The summed E-state index contributed by atoms with van der Waals surface area (Å²) in [7, 11) is 2.00. The number of hydrogen-bond donors (Lipinski definition) is 0. The van der Waals surface area contributed by atoms with Crippen LogP contribution in [0.15, 0.2) is 48.7 Å². The van der Waals surface area contributed by atoms with E-state index in [4.69, 9.17) is 11.6 Å². The van der Waals surface area contributed by atoms with E-state index in [1.807, 2.05) is 31.3 Å². The van der Waals surface area contributed by atoms with Crippen LogP contribution in [0.5, 0.6) is 0 Å². The van der Waals surface area contributed by atoms with Gasteiger partial charge in [-0.3, -0.25) is 0 Å². The third kappa shape index (κ3) is 2.28. The molecular weight excluding hydrogens is 208 g/mol. The van der Waals surface area contributed by atoms with Crippen LogP contribution in [0, 0.1) is 0 Å². The van der Waals surface area contributed by atoms with Crippen molar-refractivity contribution in [1.82, 2.24) is 4.98 Å². The molecule has 76 valence electrons. The van der Waals surface area contributed by atoms with Crippen molar-refractivity contribution >= 4 is 23.0 Å². The topological polar surface area (TPSA) is 16.1 Å². The fraction of sp³-hybridized carbons (Fsp3) is 0.0833. The second-order valence-electron chi connectivity index (χ2n) is 3.23. The smallest absolute Gasteiger partial charge is 0.129 e. The summed E-state index contributed by atoms with van der Waals surface area (Å²) in [4.78, 5) is 6.11. The molecule has 2 rings (SSSR count). The predicted octanol–water partition coefficient (Wildman–Crippen LogP) is 3.50. The maximum absolute atomic E-state index is 5.73. The molecule has 0 atom stereocenters. The summed E-state index contributed by atoms with van der Waals surface area (Å²) in [6.45, 7) is 0. The number of benzene rings is 1. The van der Waals surface area contributed by atoms with Gasteiger partial charge in [-0.05, 0) is 24.3 Å². The lowest BCUT2D eigenvalue weighted by Gasteiger charge is -2.18. The number of anilines is 2. The van der Waals surface area contributed by atoms with E-state index in [-0.39, 0.29) is 0 Å². The summed E-state index contributed by atoms with van der Waals surface area (Å²) in [6.07, 6.45) is 1.76. The first-order valence-corrected chi connectivity index (χ1v) is 5.05. The first-order valence-electron chi connectivity index (χ1n) is 4.68. The lowest BCUT2D eigenvalue weighted by molar-refractivity contribution is 1.17. The molecule has 0 saturated carbocycles. The van der Waals surface area contributed by atoms with Gasteiger partial charge in [0.1, 0.15) is 5.15 Å². The van der Waals surface area contributed by atoms with E-state index >= 15 is 0 Å². The molecule has 0 aliphatic heterocycles. The van der Waals surface area contributed by atoms with Crippen LogP contribution in [0.1, 0.15) is 0 Å². The molecule has 0 bridgehead atoms. The highest BCUT2D eigenvalue weighted by Gasteiger charge is 2.02. The molecule has 0 amide bonds. The van der Waals surface area contributed by atoms with Gasteiger partial charge in [0.15, 0.2) is 0 Å². The van der Waals surface area contributed by atoms with Crippen LogP contribution in [-0.4, -0.2) is 12.0 Å². The molecule has 0 saturated heterocycles. The quantitative estimate of drug-likeness (QED) is 0.718. The van der Waals surface area contributed by atoms with E-state index in [0.717, 1.165) is 11.4 Å². The van der Waals surface area contributed by atoms with Crippen LogP contribution < -0.4 is 4.90 Å². The fourth-order valence-corrected chi connectivity index (χ4v) is 1.48. The van der Waals surface area contributed by atoms with E-state index in [1.54, 1.807) is 12.3 Å². The zero-order chi connectivity index (χ0) is 10.7. The molecular formula is C12H11ClN2. The Bertz CT molecular complexity index is 425. The molecule has 1 aromatic carbocycles. The maximum atomic E-state index is 5.73. The SMILES string of the molecule is CN(c1ccccc1)c1ccc(Cl)nc1. The van der Waals surface area contributed by atoms with E-state index in [0.29, 0.717) is 5.15 Å². The highest BCUT2D eigenvalue weighted by Crippen LogP contribution is 2.22. The van der Waals surface area contributed by atoms with Gasteiger partial charge in [0.2, 0.25) is 0 Å². The van der Waals surface area contributed by atoms with Crippen LogP contribution in [-0.2, 0) is 0 Å². The van der Waals surface area contributed by atoms with Crippen molar-refractivity contribution in [2.45, 2.75) is 0 Å². The van der Waals surface area contributed by atoms with Gasteiger partial charge in [0, 0.05) is 12.7 Å². The van der Waals surface area contributed by atoms with Gasteiger partial charge in [-0.1, -0.05) is 29.8 Å². The number of hydrogen-bond acceptors (Lipinski definition) is 2. The third-order valence-electron chi connectivity index (χ3n) is 2.24. The van der Waals surface area contributed by atoms with E-state index in [2.05, 4.69) is 22.0 Å². The van der Waals surface area contributed by atoms with Gasteiger partial charge in [-0.25, -0.2) is 4.98 Å². The first kappa shape index (κ1) is 9.99. The monoisotopic (exact) mass is 218 g/mol. The normalized spacial score (nSPS) is 10.0. The molecule has 3 heteroatoms. The Balaban J connectivity index is 2.29. The highest BCUT2D eigenvalue weighted by atomic mass is 35.5. The Hall–Kier alpha value is -1.54. The molecule has 15 heavy (non-hydrogen) atoms. The minimum Gasteiger partial charge on any atom is -0.343 e. The second-order valence-corrected chi connectivity index (χ2v) is 3.62. The standard InChI is InChI=1S/C12H11ClN2/c1-15(10-5-3-2-4-6-10)11-7-8-12(13)14-9-11/h2-9H,1H3. The Kier molecular flexibility index (Phi) is 2.88. The lowest BCUT2D eigenvalue weighted by atomic mass is 10.3. The number of nitrogens with zero attached hydrogens (tertiary/aromatic N) is 2. The molecule has 2 nitrogen and oxygen atoms in total. The van der Waals surface area contributed by atoms with Crippen molar-refractivity contribution in [1.29, 1.82) is 0 Å². The Morgan fingerprint density at radius 1 is 1.00 bits per heavy atom. The summed E-state index contributed by atoms with van der Waals surface area (Å²) in [5, 5.41) is 0.514. The third-order valence-corrected chi connectivity index (χ3v) is 2.47. The van der Waals surface area contributed by atoms with Gasteiger partial charge >= 0.3 is 0 Å². The van der Waals surface area contributed by atoms with Gasteiger partial charge in [-0.2, -0.15) is 0 Å². The van der Waals surface area contributed by atoms with E-state index in [9.17, 15) is 0 Å². The largest absolute Gasteiger partial charge is 0.343 e. The van der Waals surface area contributed by atoms with Crippen molar-refractivity contribution in [3.8, 4) is 0 Å². The summed E-state index contributed by atoms with van der Waals surface area (Å²) in [6, 6.07) is 13.9. The molecule has 1 heterocycles. The van der Waals surface area contributed by atoms with Crippen LogP contribution in [0.3, 0.4) is 0 Å². The van der Waals surface area contributed by atoms with Crippen molar-refractivity contribution in [3.05, 3.63) is 53.8 Å². The summed E-state index contributed by atoms with van der Waals surface area (Å²) in [5.41, 5.74) is 2.15. The molecule has 0 radical (unpaired) electrons. The highest BCUT2D eigenvalue weighted by molar-refractivity contribution is 6.29. The lowest BCUT2D eigenvalue weighted by Crippen LogP contribution is -2.09. The van der Waals surface area contributed by atoms with Crippen LogP contribution in [0.2, 0.25) is 5.15 Å². The van der Waals surface area contributed by atoms with E-state index < -0.39 is 0 Å². The van der Waals surface area contributed by atoms with Crippen molar-refractivity contribution in [2.75, 3.05) is 11.9 Å². The minimum atomic E-state index is 0.514. The summed E-state index contributed by atoms with van der Waals surface area (Å²) in [5.74, 6) is 0.